The maximum Gasteiger partial charge on any atom is 0.328 e. The lowest BCUT2D eigenvalue weighted by Gasteiger charge is -2.16. The number of aromatic nitrogens is 2. The van der Waals surface area contributed by atoms with Crippen molar-refractivity contribution in [2.75, 3.05) is 25.6 Å². The van der Waals surface area contributed by atoms with Crippen LogP contribution in [-0.4, -0.2) is 54.2 Å². The van der Waals surface area contributed by atoms with Gasteiger partial charge in [0, 0.05) is 34.3 Å². The maximum absolute atomic E-state index is 12.1. The Hall–Kier alpha value is -4.66. The zero-order valence-electron chi connectivity index (χ0n) is 25.2. The second-order valence-electron chi connectivity index (χ2n) is 9.86. The normalized spacial score (nSPS) is 11.9. The molecule has 1 amide bonds. The van der Waals surface area contributed by atoms with Crippen LogP contribution in [0.25, 0.3) is 21.7 Å². The smallest absolute Gasteiger partial charge is 0.328 e. The molecule has 2 heterocycles. The third-order valence-corrected chi connectivity index (χ3v) is 8.69. The summed E-state index contributed by atoms with van der Waals surface area (Å²) in [7, 11) is 1.67. The van der Waals surface area contributed by atoms with Crippen LogP contribution in [0.4, 0.5) is 5.82 Å². The topological polar surface area (TPSA) is 176 Å². The van der Waals surface area contributed by atoms with Gasteiger partial charge in [0.1, 0.15) is 58.6 Å². The van der Waals surface area contributed by atoms with Crippen LogP contribution in [0.2, 0.25) is 5.02 Å². The van der Waals surface area contributed by atoms with Crippen molar-refractivity contribution in [3.63, 3.8) is 0 Å². The Kier molecular flexibility index (Phi) is 11.9. The van der Waals surface area contributed by atoms with Gasteiger partial charge in [-0.15, -0.1) is 11.3 Å². The number of thiazole rings is 1. The number of benzene rings is 2. The molecule has 0 fully saturated rings. The van der Waals surface area contributed by atoms with Crippen molar-refractivity contribution in [2.45, 2.75) is 36.7 Å². The fourth-order valence-corrected chi connectivity index (χ4v) is 6.08. The molecule has 2 aromatic heterocycles. The number of rotatable bonds is 13. The summed E-state index contributed by atoms with van der Waals surface area (Å²) in [4.78, 5) is 33.1. The first-order valence-corrected chi connectivity index (χ1v) is 16.2. The van der Waals surface area contributed by atoms with Gasteiger partial charge in [-0.05, 0) is 43.7 Å². The average Bonchev–Trinajstić information content (AvgIpc) is 3.54. The van der Waals surface area contributed by atoms with E-state index in [2.05, 4.69) is 27.8 Å². The molecule has 46 heavy (non-hydrogen) atoms. The third kappa shape index (κ3) is 8.53. The molecular weight excluding hydrogens is 646 g/mol. The minimum atomic E-state index is -0.847. The van der Waals surface area contributed by atoms with Crippen molar-refractivity contribution < 1.29 is 19.1 Å². The zero-order chi connectivity index (χ0) is 33.2. The van der Waals surface area contributed by atoms with Gasteiger partial charge in [0.25, 0.3) is 0 Å². The van der Waals surface area contributed by atoms with Crippen LogP contribution in [-0.2, 0) is 20.1 Å². The predicted octanol–water partition coefficient (Wildman–Crippen LogP) is 5.38. The summed E-state index contributed by atoms with van der Waals surface area (Å²) in [5, 5.41) is 29.7. The lowest BCUT2D eigenvalue weighted by molar-refractivity contribution is -0.148. The molecule has 0 radical (unpaired) electrons. The number of nitrogens with zero attached hydrogens (tertiary/aromatic N) is 4. The monoisotopic (exact) mass is 675 g/mol. The van der Waals surface area contributed by atoms with Crippen LogP contribution in [0.3, 0.4) is 0 Å². The number of carbonyl (C=O) groups excluding carboxylic acids is 2. The molecule has 0 aliphatic carbocycles. The van der Waals surface area contributed by atoms with Crippen LogP contribution in [0.15, 0.2) is 58.9 Å². The van der Waals surface area contributed by atoms with Crippen molar-refractivity contribution in [3.05, 3.63) is 75.8 Å². The Labute approximate surface area is 279 Å². The molecule has 14 heteroatoms. The maximum atomic E-state index is 12.1. The van der Waals surface area contributed by atoms with Crippen molar-refractivity contribution >= 4 is 52.4 Å². The van der Waals surface area contributed by atoms with Gasteiger partial charge < -0.3 is 25.8 Å². The molecule has 4 aromatic rings. The molecule has 0 aliphatic heterocycles. The number of carbonyl (C=O) groups is 2. The van der Waals surface area contributed by atoms with Crippen LogP contribution in [0.5, 0.6) is 5.75 Å². The Morgan fingerprint density at radius 3 is 2.33 bits per heavy atom. The van der Waals surface area contributed by atoms with Crippen molar-refractivity contribution in [3.8, 4) is 39.6 Å². The van der Waals surface area contributed by atoms with Crippen molar-refractivity contribution in [1.29, 1.82) is 10.5 Å². The summed E-state index contributed by atoms with van der Waals surface area (Å²) in [6.07, 6.45) is 0. The van der Waals surface area contributed by atoms with Gasteiger partial charge in [-0.3, -0.25) is 4.79 Å². The number of amides is 1. The van der Waals surface area contributed by atoms with E-state index in [0.29, 0.717) is 38.5 Å². The second kappa shape index (κ2) is 16.1. The molecule has 2 aromatic carbocycles. The summed E-state index contributed by atoms with van der Waals surface area (Å²) in [5.41, 5.74) is 8.90. The molecule has 0 aliphatic rings. The molecule has 0 unspecified atom stereocenters. The van der Waals surface area contributed by atoms with E-state index >= 15 is 0 Å². The van der Waals surface area contributed by atoms with Gasteiger partial charge in [0.15, 0.2) is 0 Å². The highest BCUT2D eigenvalue weighted by molar-refractivity contribution is 7.98. The first kappa shape index (κ1) is 34.2. The second-order valence-corrected chi connectivity index (χ2v) is 12.1. The number of nitrogens with two attached hydrogens (primary N) is 1. The van der Waals surface area contributed by atoms with E-state index in [4.69, 9.17) is 31.8 Å². The molecule has 4 N–H and O–H groups in total. The largest absolute Gasteiger partial charge is 0.490 e. The van der Waals surface area contributed by atoms with Gasteiger partial charge in [-0.1, -0.05) is 47.6 Å². The SMILES string of the molecule is CNc1nc(SCc2csc(-c3ccc(Cl)cc3)n2)c(C#N)c(-c2ccc(OCCOC(=O)[C@H](C)NC(=O)[C@H](C)N)cc2)c1C#N. The highest BCUT2D eigenvalue weighted by Gasteiger charge is 2.22. The number of hydrogen-bond donors (Lipinski definition) is 3. The first-order chi connectivity index (χ1) is 22.1. The molecule has 11 nitrogen and oxygen atoms in total. The Bertz CT molecular complexity index is 1780. The quantitative estimate of drug-likeness (QED) is 0.0942. The van der Waals surface area contributed by atoms with Gasteiger partial charge in [-0.25, -0.2) is 14.8 Å². The highest BCUT2D eigenvalue weighted by Crippen LogP contribution is 2.38. The molecule has 0 saturated carbocycles. The van der Waals surface area contributed by atoms with Gasteiger partial charge in [-0.2, -0.15) is 10.5 Å². The Morgan fingerprint density at radius 1 is 1.02 bits per heavy atom. The van der Waals surface area contributed by atoms with Crippen LogP contribution >= 0.6 is 34.7 Å². The fraction of sp³-hybridized carbons (Fsp3) is 0.250. The number of esters is 1. The van der Waals surface area contributed by atoms with E-state index in [-0.39, 0.29) is 24.3 Å². The minimum Gasteiger partial charge on any atom is -0.490 e. The number of pyridine rings is 1. The number of thioether (sulfide) groups is 1. The lowest BCUT2D eigenvalue weighted by Crippen LogP contribution is -2.46. The summed E-state index contributed by atoms with van der Waals surface area (Å²) in [6.45, 7) is 3.06. The third-order valence-electron chi connectivity index (χ3n) is 6.49. The fourth-order valence-electron chi connectivity index (χ4n) is 4.14. The average molecular weight is 676 g/mol. The number of hydrogen-bond acceptors (Lipinski definition) is 12. The standard InChI is InChI=1S/C32H30ClN7O4S2/c1-18(36)29(41)38-19(2)32(42)44-13-12-43-24-10-6-20(7-11-24)27-25(14-34)28(37-3)40-31(26(27)15-35)46-17-23-16-45-30(39-23)21-4-8-22(33)9-5-21/h4-11,16,18-19H,12-13,17,36H2,1-3H3,(H,37,40)(H,38,41)/t18-,19-/m0/s1. The lowest BCUT2D eigenvalue weighted by atomic mass is 9.96. The van der Waals surface area contributed by atoms with Gasteiger partial charge in [0.2, 0.25) is 5.91 Å². The van der Waals surface area contributed by atoms with E-state index < -0.39 is 24.0 Å². The van der Waals surface area contributed by atoms with Crippen LogP contribution in [0.1, 0.15) is 30.7 Å². The molecule has 4 rings (SSSR count). The predicted molar refractivity (Wildman–Crippen MR) is 178 cm³/mol. The number of nitrogens with one attached hydrogen (secondary N) is 2. The molecular formula is C32H30ClN7O4S2. The number of ether oxygens (including phenoxy) is 2. The summed E-state index contributed by atoms with van der Waals surface area (Å²) in [6, 6.07) is 17.2. The van der Waals surface area contributed by atoms with E-state index in [1.54, 1.807) is 31.3 Å². The molecule has 0 spiro atoms. The van der Waals surface area contributed by atoms with E-state index in [9.17, 15) is 20.1 Å². The number of anilines is 1. The summed E-state index contributed by atoms with van der Waals surface area (Å²) in [5.74, 6) is 0.254. The molecule has 2 atom stereocenters. The summed E-state index contributed by atoms with van der Waals surface area (Å²) >= 11 is 8.89. The zero-order valence-corrected chi connectivity index (χ0v) is 27.6. The van der Waals surface area contributed by atoms with E-state index in [1.807, 2.05) is 29.6 Å². The first-order valence-electron chi connectivity index (χ1n) is 14.0. The van der Waals surface area contributed by atoms with Gasteiger partial charge in [0.05, 0.1) is 17.3 Å². The molecule has 0 saturated heterocycles. The Morgan fingerprint density at radius 2 is 1.70 bits per heavy atom. The summed E-state index contributed by atoms with van der Waals surface area (Å²) < 4.78 is 10.9. The molecule has 0 bridgehead atoms. The van der Waals surface area contributed by atoms with Crippen molar-refractivity contribution in [2.24, 2.45) is 5.73 Å². The van der Waals surface area contributed by atoms with Crippen molar-refractivity contribution in [1.82, 2.24) is 15.3 Å². The Balaban J connectivity index is 1.46. The number of halogens is 1. The number of nitriles is 2. The highest BCUT2D eigenvalue weighted by atomic mass is 35.5. The molecule has 236 valence electrons. The van der Waals surface area contributed by atoms with Crippen LogP contribution < -0.4 is 21.1 Å². The minimum absolute atomic E-state index is 0.0349. The van der Waals surface area contributed by atoms with E-state index in [1.165, 1.54) is 36.9 Å². The van der Waals surface area contributed by atoms with Gasteiger partial charge >= 0.3 is 5.97 Å². The van der Waals surface area contributed by atoms with Crippen LogP contribution in [0, 0.1) is 22.7 Å². The van der Waals surface area contributed by atoms with E-state index in [0.717, 1.165) is 16.3 Å².